The Morgan fingerprint density at radius 1 is 1.37 bits per heavy atom. The molecule has 1 aliphatic rings. The molecule has 0 aliphatic heterocycles. The molecule has 0 bridgehead atoms. The summed E-state index contributed by atoms with van der Waals surface area (Å²) in [5.41, 5.74) is 1.57. The van der Waals surface area contributed by atoms with E-state index in [1.165, 1.54) is 28.4 Å². The van der Waals surface area contributed by atoms with Crippen LogP contribution in [0.5, 0.6) is 0 Å². The summed E-state index contributed by atoms with van der Waals surface area (Å²) in [5, 5.41) is 5.60. The summed E-state index contributed by atoms with van der Waals surface area (Å²) in [6.07, 6.45) is 2.67. The van der Waals surface area contributed by atoms with Gasteiger partial charge in [0.2, 0.25) is 0 Å². The van der Waals surface area contributed by atoms with Crippen LogP contribution in [0.15, 0.2) is 0 Å². The quantitative estimate of drug-likeness (QED) is 0.834. The van der Waals surface area contributed by atoms with Crippen molar-refractivity contribution in [1.29, 1.82) is 0 Å². The maximum atomic E-state index is 4.90. The number of hydrogen-bond acceptors (Lipinski definition) is 4. The Hall–Kier alpha value is -0.0600. The van der Waals surface area contributed by atoms with Gasteiger partial charge in [0, 0.05) is 28.6 Å². The summed E-state index contributed by atoms with van der Waals surface area (Å²) in [6.45, 7) is 12.1. The van der Waals surface area contributed by atoms with Crippen molar-refractivity contribution < 1.29 is 0 Å². The van der Waals surface area contributed by atoms with E-state index < -0.39 is 0 Å². The Balaban J connectivity index is 2.03. The van der Waals surface area contributed by atoms with Gasteiger partial charge < -0.3 is 5.32 Å². The van der Waals surface area contributed by atoms with Gasteiger partial charge in [0.25, 0.3) is 0 Å². The standard InChI is InChI=1S/C15H26N2S2/c1-10(2)18-9-13-17-14(11-6-7-11)12(19-13)8-16-15(3,4)5/h10-11,16H,6-9H2,1-5H3. The summed E-state index contributed by atoms with van der Waals surface area (Å²) in [6, 6.07) is 0. The SMILES string of the molecule is CC(C)SCc1nc(C2CC2)c(CNC(C)(C)C)s1. The first-order valence-corrected chi connectivity index (χ1v) is 9.07. The topological polar surface area (TPSA) is 24.9 Å². The van der Waals surface area contributed by atoms with Gasteiger partial charge in [-0.15, -0.1) is 11.3 Å². The molecule has 4 heteroatoms. The number of nitrogens with one attached hydrogen (secondary N) is 1. The van der Waals surface area contributed by atoms with Gasteiger partial charge in [-0.1, -0.05) is 13.8 Å². The second-order valence-corrected chi connectivity index (χ2v) is 9.39. The molecular weight excluding hydrogens is 272 g/mol. The Bertz CT molecular complexity index is 414. The molecule has 2 rings (SSSR count). The highest BCUT2D eigenvalue weighted by molar-refractivity contribution is 7.99. The van der Waals surface area contributed by atoms with Gasteiger partial charge in [0.05, 0.1) is 5.69 Å². The molecule has 0 spiro atoms. The van der Waals surface area contributed by atoms with Crippen LogP contribution in [0.1, 0.15) is 69.0 Å². The normalized spacial score (nSPS) is 16.3. The molecule has 0 aromatic carbocycles. The highest BCUT2D eigenvalue weighted by atomic mass is 32.2. The highest BCUT2D eigenvalue weighted by Gasteiger charge is 2.29. The van der Waals surface area contributed by atoms with Crippen molar-refractivity contribution >= 4 is 23.1 Å². The van der Waals surface area contributed by atoms with Gasteiger partial charge in [-0.25, -0.2) is 4.98 Å². The molecular formula is C15H26N2S2. The maximum absolute atomic E-state index is 4.90. The largest absolute Gasteiger partial charge is 0.307 e. The lowest BCUT2D eigenvalue weighted by molar-refractivity contribution is 0.425. The molecule has 1 saturated carbocycles. The van der Waals surface area contributed by atoms with Gasteiger partial charge in [0.15, 0.2) is 0 Å². The Kier molecular flexibility index (Phi) is 4.96. The predicted molar refractivity (Wildman–Crippen MR) is 87.1 cm³/mol. The molecule has 1 N–H and O–H groups in total. The Morgan fingerprint density at radius 2 is 2.05 bits per heavy atom. The number of aromatic nitrogens is 1. The number of thiazole rings is 1. The van der Waals surface area contributed by atoms with E-state index in [-0.39, 0.29) is 5.54 Å². The third-order valence-corrected chi connectivity index (χ3v) is 5.42. The molecule has 0 atom stereocenters. The molecule has 1 heterocycles. The molecule has 1 fully saturated rings. The van der Waals surface area contributed by atoms with Crippen LogP contribution in [0.2, 0.25) is 0 Å². The van der Waals surface area contributed by atoms with Crippen LogP contribution in [0.25, 0.3) is 0 Å². The number of hydrogen-bond donors (Lipinski definition) is 1. The fourth-order valence-corrected chi connectivity index (χ4v) is 3.73. The lowest BCUT2D eigenvalue weighted by Gasteiger charge is -2.20. The summed E-state index contributed by atoms with van der Waals surface area (Å²) >= 11 is 3.91. The molecule has 1 aromatic heterocycles. The number of thioether (sulfide) groups is 1. The number of nitrogens with zero attached hydrogens (tertiary/aromatic N) is 1. The molecule has 0 amide bonds. The molecule has 1 aliphatic carbocycles. The second-order valence-electron chi connectivity index (χ2n) is 6.65. The fraction of sp³-hybridized carbons (Fsp3) is 0.800. The maximum Gasteiger partial charge on any atom is 0.103 e. The molecule has 0 unspecified atom stereocenters. The van der Waals surface area contributed by atoms with Crippen LogP contribution in [-0.2, 0) is 12.3 Å². The molecule has 108 valence electrons. The van der Waals surface area contributed by atoms with Crippen LogP contribution < -0.4 is 5.32 Å². The van der Waals surface area contributed by atoms with E-state index in [9.17, 15) is 0 Å². The van der Waals surface area contributed by atoms with E-state index in [1.807, 2.05) is 23.1 Å². The van der Waals surface area contributed by atoms with Gasteiger partial charge in [-0.2, -0.15) is 11.8 Å². The number of rotatable bonds is 6. The lowest BCUT2D eigenvalue weighted by atomic mass is 10.1. The summed E-state index contributed by atoms with van der Waals surface area (Å²) in [5.74, 6) is 1.82. The van der Waals surface area contributed by atoms with E-state index >= 15 is 0 Å². The molecule has 0 saturated heterocycles. The van der Waals surface area contributed by atoms with Crippen LogP contribution in [0.3, 0.4) is 0 Å². The molecule has 19 heavy (non-hydrogen) atoms. The molecule has 2 nitrogen and oxygen atoms in total. The van der Waals surface area contributed by atoms with E-state index in [0.717, 1.165) is 18.2 Å². The Labute approximate surface area is 125 Å². The fourth-order valence-electron chi connectivity index (χ4n) is 1.86. The van der Waals surface area contributed by atoms with E-state index in [1.54, 1.807) is 0 Å². The van der Waals surface area contributed by atoms with Crippen molar-refractivity contribution in [3.05, 3.63) is 15.6 Å². The summed E-state index contributed by atoms with van der Waals surface area (Å²) in [7, 11) is 0. The van der Waals surface area contributed by atoms with Crippen molar-refractivity contribution in [1.82, 2.24) is 10.3 Å². The third kappa shape index (κ3) is 5.09. The average Bonchev–Trinajstić information content (AvgIpc) is 3.04. The Morgan fingerprint density at radius 3 is 2.58 bits per heavy atom. The smallest absolute Gasteiger partial charge is 0.103 e. The van der Waals surface area contributed by atoms with Crippen molar-refractivity contribution in [3.8, 4) is 0 Å². The highest BCUT2D eigenvalue weighted by Crippen LogP contribution is 2.43. The van der Waals surface area contributed by atoms with Crippen LogP contribution in [0, 0.1) is 0 Å². The third-order valence-electron chi connectivity index (χ3n) is 3.06. The minimum absolute atomic E-state index is 0.178. The zero-order valence-electron chi connectivity index (χ0n) is 12.7. The monoisotopic (exact) mass is 298 g/mol. The van der Waals surface area contributed by atoms with Crippen LogP contribution >= 0.6 is 23.1 Å². The van der Waals surface area contributed by atoms with Gasteiger partial charge in [-0.3, -0.25) is 0 Å². The van der Waals surface area contributed by atoms with Crippen molar-refractivity contribution in [2.75, 3.05) is 0 Å². The van der Waals surface area contributed by atoms with E-state index in [2.05, 4.69) is 39.9 Å². The zero-order valence-corrected chi connectivity index (χ0v) is 14.4. The van der Waals surface area contributed by atoms with Crippen LogP contribution in [0.4, 0.5) is 0 Å². The van der Waals surface area contributed by atoms with E-state index in [0.29, 0.717) is 5.25 Å². The van der Waals surface area contributed by atoms with Gasteiger partial charge in [-0.05, 0) is 38.9 Å². The minimum atomic E-state index is 0.178. The molecule has 1 aromatic rings. The molecule has 0 radical (unpaired) electrons. The van der Waals surface area contributed by atoms with Crippen molar-refractivity contribution in [2.45, 2.75) is 76.5 Å². The summed E-state index contributed by atoms with van der Waals surface area (Å²) in [4.78, 5) is 6.37. The van der Waals surface area contributed by atoms with Crippen molar-refractivity contribution in [3.63, 3.8) is 0 Å². The second kappa shape index (κ2) is 6.15. The zero-order chi connectivity index (χ0) is 14.0. The van der Waals surface area contributed by atoms with Gasteiger partial charge in [0.1, 0.15) is 5.01 Å². The first-order chi connectivity index (χ1) is 8.85. The first kappa shape index (κ1) is 15.3. The average molecular weight is 299 g/mol. The van der Waals surface area contributed by atoms with Gasteiger partial charge >= 0.3 is 0 Å². The lowest BCUT2D eigenvalue weighted by Crippen LogP contribution is -2.35. The first-order valence-electron chi connectivity index (χ1n) is 7.20. The van der Waals surface area contributed by atoms with Crippen molar-refractivity contribution in [2.24, 2.45) is 0 Å². The minimum Gasteiger partial charge on any atom is -0.307 e. The van der Waals surface area contributed by atoms with E-state index in [4.69, 9.17) is 4.98 Å². The van der Waals surface area contributed by atoms with Crippen LogP contribution in [-0.4, -0.2) is 15.8 Å². The summed E-state index contributed by atoms with van der Waals surface area (Å²) < 4.78 is 0. The predicted octanol–water partition coefficient (Wildman–Crippen LogP) is 4.55.